The van der Waals surface area contributed by atoms with E-state index in [1.165, 1.54) is 28.0 Å². The van der Waals surface area contributed by atoms with Gasteiger partial charge < -0.3 is 10.3 Å². The normalized spacial score (nSPS) is 10.9. The molecule has 0 atom stereocenters. The number of aryl methyl sites for hydroxylation is 3. The monoisotopic (exact) mass is 403 g/mol. The van der Waals surface area contributed by atoms with Crippen molar-refractivity contribution in [1.82, 2.24) is 10.1 Å². The summed E-state index contributed by atoms with van der Waals surface area (Å²) in [5.74, 6) is 0.0970. The quantitative estimate of drug-likeness (QED) is 0.490. The number of amides is 1. The van der Waals surface area contributed by atoms with Gasteiger partial charge in [0, 0.05) is 6.07 Å². The van der Waals surface area contributed by atoms with Crippen LogP contribution in [0.2, 0.25) is 0 Å². The van der Waals surface area contributed by atoms with Crippen LogP contribution in [0.5, 0.6) is 0 Å². The second kappa shape index (κ2) is 8.41. The third-order valence-electron chi connectivity index (χ3n) is 4.70. The molecular formula is C23H21N3O2S. The molecule has 5 nitrogen and oxygen atoms in total. The first-order chi connectivity index (χ1) is 14.1. The van der Waals surface area contributed by atoms with Gasteiger partial charge in [-0.15, -0.1) is 11.3 Å². The number of hydrogen-bond acceptors (Lipinski definition) is 5. The number of carbonyl (C=O) groups excluding carboxylic acids is 1. The van der Waals surface area contributed by atoms with E-state index in [1.807, 2.05) is 12.1 Å². The molecule has 0 fully saturated rings. The van der Waals surface area contributed by atoms with Gasteiger partial charge in [0.2, 0.25) is 0 Å². The second-order valence-electron chi connectivity index (χ2n) is 6.96. The Bertz CT molecular complexity index is 1130. The zero-order valence-electron chi connectivity index (χ0n) is 16.1. The lowest BCUT2D eigenvalue weighted by molar-refractivity contribution is 0.100. The molecule has 1 amide bonds. The topological polar surface area (TPSA) is 82.0 Å². The van der Waals surface area contributed by atoms with Crippen LogP contribution in [0, 0.1) is 6.92 Å². The number of thiazole rings is 1. The fraction of sp³-hybridized carbons (Fsp3) is 0.174. The average molecular weight is 404 g/mol. The van der Waals surface area contributed by atoms with E-state index < -0.39 is 5.91 Å². The van der Waals surface area contributed by atoms with Crippen molar-refractivity contribution in [2.75, 3.05) is 0 Å². The molecule has 0 saturated heterocycles. The SMILES string of the molecule is Cc1nc(-c2cc(CCc3cccc(Cc4ccccc4)c3)no2)sc1C(N)=O. The smallest absolute Gasteiger partial charge is 0.260 e. The Morgan fingerprint density at radius 3 is 2.52 bits per heavy atom. The van der Waals surface area contributed by atoms with Crippen LogP contribution in [-0.2, 0) is 19.3 Å². The third-order valence-corrected chi connectivity index (χ3v) is 5.89. The van der Waals surface area contributed by atoms with Gasteiger partial charge >= 0.3 is 0 Å². The molecule has 6 heteroatoms. The summed E-state index contributed by atoms with van der Waals surface area (Å²) in [6.45, 7) is 1.76. The number of benzene rings is 2. The van der Waals surface area contributed by atoms with Gasteiger partial charge in [-0.25, -0.2) is 4.98 Å². The maximum Gasteiger partial charge on any atom is 0.260 e. The van der Waals surface area contributed by atoms with Crippen LogP contribution in [0.1, 0.15) is 37.7 Å². The number of aromatic nitrogens is 2. The molecule has 0 aliphatic rings. The Morgan fingerprint density at radius 2 is 1.76 bits per heavy atom. The molecule has 146 valence electrons. The van der Waals surface area contributed by atoms with Crippen molar-refractivity contribution in [3.05, 3.63) is 93.6 Å². The van der Waals surface area contributed by atoms with Gasteiger partial charge in [0.15, 0.2) is 10.8 Å². The highest BCUT2D eigenvalue weighted by Gasteiger charge is 2.17. The molecule has 0 bridgehead atoms. The minimum Gasteiger partial charge on any atom is -0.365 e. The zero-order valence-corrected chi connectivity index (χ0v) is 16.9. The molecule has 0 radical (unpaired) electrons. The van der Waals surface area contributed by atoms with Crippen molar-refractivity contribution < 1.29 is 9.32 Å². The van der Waals surface area contributed by atoms with Crippen molar-refractivity contribution >= 4 is 17.2 Å². The molecule has 4 rings (SSSR count). The number of hydrogen-bond donors (Lipinski definition) is 1. The first-order valence-corrected chi connectivity index (χ1v) is 10.2. The molecule has 2 N–H and O–H groups in total. The Labute approximate surface area is 173 Å². The van der Waals surface area contributed by atoms with Crippen LogP contribution in [0.25, 0.3) is 10.8 Å². The van der Waals surface area contributed by atoms with Gasteiger partial charge in [-0.3, -0.25) is 4.79 Å². The summed E-state index contributed by atoms with van der Waals surface area (Å²) in [6, 6.07) is 21.0. The summed E-state index contributed by atoms with van der Waals surface area (Å²) in [5, 5.41) is 4.78. The minimum atomic E-state index is -0.471. The number of nitrogens with zero attached hydrogens (tertiary/aromatic N) is 2. The summed E-state index contributed by atoms with van der Waals surface area (Å²) >= 11 is 1.23. The predicted octanol–water partition coefficient (Wildman–Crippen LogP) is 4.58. The summed E-state index contributed by atoms with van der Waals surface area (Å²) in [4.78, 5) is 16.2. The predicted molar refractivity (Wildman–Crippen MR) is 114 cm³/mol. The Kier molecular flexibility index (Phi) is 5.53. The molecule has 0 aliphatic heterocycles. The Morgan fingerprint density at radius 1 is 1.00 bits per heavy atom. The molecule has 29 heavy (non-hydrogen) atoms. The first kappa shape index (κ1) is 19.1. The van der Waals surface area contributed by atoms with Crippen LogP contribution < -0.4 is 5.73 Å². The van der Waals surface area contributed by atoms with Gasteiger partial charge in [-0.05, 0) is 42.9 Å². The zero-order chi connectivity index (χ0) is 20.2. The molecule has 4 aromatic rings. The summed E-state index contributed by atoms with van der Waals surface area (Å²) in [6.07, 6.45) is 2.57. The molecule has 0 spiro atoms. The lowest BCUT2D eigenvalue weighted by Crippen LogP contribution is -2.09. The summed E-state index contributed by atoms with van der Waals surface area (Å²) in [7, 11) is 0. The molecule has 2 heterocycles. The fourth-order valence-corrected chi connectivity index (χ4v) is 4.13. The molecular weight excluding hydrogens is 382 g/mol. The van der Waals surface area contributed by atoms with E-state index in [4.69, 9.17) is 10.3 Å². The van der Waals surface area contributed by atoms with Gasteiger partial charge in [0.25, 0.3) is 5.91 Å². The third kappa shape index (κ3) is 4.60. The van der Waals surface area contributed by atoms with Crippen LogP contribution in [-0.4, -0.2) is 16.0 Å². The lowest BCUT2D eigenvalue weighted by atomic mass is 10.0. The number of primary amides is 1. The maximum atomic E-state index is 11.4. The van der Waals surface area contributed by atoms with Gasteiger partial charge in [-0.2, -0.15) is 0 Å². The van der Waals surface area contributed by atoms with E-state index in [0.717, 1.165) is 25.0 Å². The summed E-state index contributed by atoms with van der Waals surface area (Å²) in [5.41, 5.74) is 10.7. The molecule has 2 aromatic heterocycles. The van der Waals surface area contributed by atoms with E-state index in [9.17, 15) is 4.79 Å². The van der Waals surface area contributed by atoms with Crippen LogP contribution >= 0.6 is 11.3 Å². The van der Waals surface area contributed by atoms with Crippen LogP contribution in [0.4, 0.5) is 0 Å². The van der Waals surface area contributed by atoms with Gasteiger partial charge in [0.1, 0.15) is 4.88 Å². The molecule has 0 saturated carbocycles. The minimum absolute atomic E-state index is 0.452. The highest BCUT2D eigenvalue weighted by molar-refractivity contribution is 7.17. The highest BCUT2D eigenvalue weighted by Crippen LogP contribution is 2.28. The van der Waals surface area contributed by atoms with E-state index in [1.54, 1.807) is 6.92 Å². The summed E-state index contributed by atoms with van der Waals surface area (Å²) < 4.78 is 5.44. The number of nitrogens with two attached hydrogens (primary N) is 1. The van der Waals surface area contributed by atoms with Gasteiger partial charge in [-0.1, -0.05) is 59.8 Å². The standard InChI is InChI=1S/C23H21N3O2S/c1-15-21(22(24)27)29-23(25-15)20-14-19(26-28-20)11-10-17-8-5-9-18(13-17)12-16-6-3-2-4-7-16/h2-9,13-14H,10-12H2,1H3,(H2,24,27). The van der Waals surface area contributed by atoms with Crippen LogP contribution in [0.3, 0.4) is 0 Å². The Hall–Kier alpha value is -3.25. The van der Waals surface area contributed by atoms with E-state index in [-0.39, 0.29) is 0 Å². The maximum absolute atomic E-state index is 11.4. The van der Waals surface area contributed by atoms with E-state index in [0.29, 0.717) is 21.3 Å². The van der Waals surface area contributed by atoms with Crippen molar-refractivity contribution in [1.29, 1.82) is 0 Å². The van der Waals surface area contributed by atoms with Crippen LogP contribution in [0.15, 0.2) is 65.2 Å². The molecule has 0 unspecified atom stereocenters. The Balaban J connectivity index is 1.42. The number of rotatable bonds is 7. The van der Waals surface area contributed by atoms with Crippen molar-refractivity contribution in [2.45, 2.75) is 26.2 Å². The fourth-order valence-electron chi connectivity index (χ4n) is 3.26. The van der Waals surface area contributed by atoms with Crippen molar-refractivity contribution in [3.63, 3.8) is 0 Å². The largest absolute Gasteiger partial charge is 0.365 e. The number of carbonyl (C=O) groups is 1. The molecule has 2 aromatic carbocycles. The van der Waals surface area contributed by atoms with Gasteiger partial charge in [0.05, 0.1) is 11.4 Å². The van der Waals surface area contributed by atoms with E-state index >= 15 is 0 Å². The first-order valence-electron chi connectivity index (χ1n) is 9.43. The van der Waals surface area contributed by atoms with E-state index in [2.05, 4.69) is 58.7 Å². The second-order valence-corrected chi connectivity index (χ2v) is 7.96. The van der Waals surface area contributed by atoms with Crippen molar-refractivity contribution in [3.8, 4) is 10.8 Å². The lowest BCUT2D eigenvalue weighted by Gasteiger charge is -2.05. The highest BCUT2D eigenvalue weighted by atomic mass is 32.1. The van der Waals surface area contributed by atoms with Crippen molar-refractivity contribution in [2.24, 2.45) is 5.73 Å². The molecule has 0 aliphatic carbocycles. The average Bonchev–Trinajstić information content (AvgIpc) is 3.34.